The Balaban J connectivity index is 0.000000367. The van der Waals surface area contributed by atoms with Crippen molar-refractivity contribution in [3.8, 4) is 0 Å². The Morgan fingerprint density at radius 1 is 0.527 bits per heavy atom. The van der Waals surface area contributed by atoms with Crippen LogP contribution in [0.25, 0.3) is 0 Å². The smallest absolute Gasteiger partial charge is 0.192 e. The van der Waals surface area contributed by atoms with Crippen molar-refractivity contribution in [2.24, 2.45) is 51.8 Å². The second-order valence-corrected chi connectivity index (χ2v) is 49.3. The van der Waals surface area contributed by atoms with Gasteiger partial charge in [0.1, 0.15) is 0 Å². The second kappa shape index (κ2) is 32.4. The van der Waals surface area contributed by atoms with Crippen LogP contribution in [-0.2, 0) is 13.3 Å². The van der Waals surface area contributed by atoms with Crippen LogP contribution < -0.4 is 0 Å². The summed E-state index contributed by atoms with van der Waals surface area (Å²) in [7, 11) is -6.10. The molecule has 91 heavy (non-hydrogen) atoms. The van der Waals surface area contributed by atoms with Crippen molar-refractivity contribution < 1.29 is 33.7 Å². The van der Waals surface area contributed by atoms with Crippen LogP contribution >= 0.6 is 0 Å². The summed E-state index contributed by atoms with van der Waals surface area (Å²) in [6, 6.07) is 0. The molecule has 7 unspecified atom stereocenters. The Hall–Kier alpha value is -2.23. The molecule has 0 heterocycles. The quantitative estimate of drug-likeness (QED) is 0.0486. The summed E-state index contributed by atoms with van der Waals surface area (Å²) in [4.78, 5) is 0. The molecule has 0 saturated heterocycles. The first-order valence-electron chi connectivity index (χ1n) is 36.7. The fourth-order valence-electron chi connectivity index (χ4n) is 15.8. The van der Waals surface area contributed by atoms with E-state index in [9.17, 15) is 15.3 Å². The normalized spacial score (nSPS) is 31.2. The molecule has 6 aliphatic rings. The zero-order chi connectivity index (χ0) is 68.4. The zero-order valence-electron chi connectivity index (χ0n) is 63.0. The van der Waals surface area contributed by atoms with Gasteiger partial charge in [-0.25, -0.2) is 0 Å². The van der Waals surface area contributed by atoms with Crippen LogP contribution in [0, 0.1) is 51.8 Å². The van der Waals surface area contributed by atoms with Gasteiger partial charge in [0.05, 0.1) is 43.2 Å². The molecule has 0 radical (unpaired) electrons. The molecule has 0 spiro atoms. The molecule has 6 rings (SSSR count). The molecular weight excluding hydrogens is 1170 g/mol. The van der Waals surface area contributed by atoms with Crippen LogP contribution in [0.15, 0.2) is 119 Å². The third kappa shape index (κ3) is 20.2. The topological polar surface area (TPSA) is 109 Å². The van der Waals surface area contributed by atoms with E-state index in [2.05, 4.69) is 217 Å². The average Bonchev–Trinajstić information content (AvgIpc) is 1.70. The SMILES string of the molecule is CCC(C)(/C=C/C=C/[C@@H](C)C1CCC2/C(=C/C=C3CC(O[Si](C)(C)C(C)(C)C)C(=CCO[Si](C)(C)C(C)(C)C)[C@H](O[Si](C)(C)C(C)(C)C)C3)CCCC21C)CC.CCC(O)(/C=C/C=C/[C@@H](C)C1CCC2/C(=C/C=C3C[C@@H](O)C(=CCO)[C@H](O)C3)CCCC21C)CC. The van der Waals surface area contributed by atoms with E-state index in [-0.39, 0.29) is 33.9 Å². The maximum Gasteiger partial charge on any atom is 0.192 e. The van der Waals surface area contributed by atoms with Gasteiger partial charge in [-0.3, -0.25) is 0 Å². The standard InChI is InChI=1S/C50H92O3Si3.C31H48O4/c1-21-49(13,22-2)33-24-23-26-38(3)42-30-31-43-40(27-25-34-50(42,43)14)29-28-39-36-44(52-55(17,18)47(7,8)9)41(32-35-51-54(15,16)46(4,5)6)45(37-39)53-56(19,20)48(10,11)12;1-5-31(35,6-2)18-8-7-10-22(3)26-14-15-27-24(11-9-17-30(26,27)4)13-12-23-20-28(33)25(16-19-32)29(34)21-23/h23-24,26,28-29,32-33,38,42-45H,21-22,25,27,30-31,34-37H2,1-20H3;7-8,10,12-13,16,18,22,26-29,32-35H,5-6,9,11,14-15,17,19-21H2,1-4H3/b26-23+,33-24+,39-28?,40-29+,41-32?;10-7+,18-8+,23-12?,24-13+,25-16?/t38-,42?,43?,44-,45?,50?;22-,26?,27?,28-,29-,30?/m11/s1. The van der Waals surface area contributed by atoms with Crippen molar-refractivity contribution in [2.75, 3.05) is 13.2 Å². The Bertz CT molecular complexity index is 2610. The molecule has 0 amide bonds. The lowest BCUT2D eigenvalue weighted by molar-refractivity contribution is 0.0828. The van der Waals surface area contributed by atoms with Crippen molar-refractivity contribution in [1.29, 1.82) is 0 Å². The van der Waals surface area contributed by atoms with Crippen LogP contribution in [0.5, 0.6) is 0 Å². The minimum absolute atomic E-state index is 0.00811. The minimum Gasteiger partial charge on any atom is -0.413 e. The second-order valence-electron chi connectivity index (χ2n) is 34.9. The summed E-state index contributed by atoms with van der Waals surface area (Å²) in [5, 5.41) is 40.8. The highest BCUT2D eigenvalue weighted by atomic mass is 28.4. The summed E-state index contributed by atoms with van der Waals surface area (Å²) >= 11 is 0. The lowest BCUT2D eigenvalue weighted by Crippen LogP contribution is -2.50. The van der Waals surface area contributed by atoms with Crippen LogP contribution in [0.1, 0.15) is 240 Å². The van der Waals surface area contributed by atoms with E-state index in [0.717, 1.165) is 43.6 Å². The number of fused-ring (bicyclic) bond motifs is 2. The Morgan fingerprint density at radius 3 is 1.32 bits per heavy atom. The molecule has 12 atom stereocenters. The monoisotopic (exact) mass is 1310 g/mol. The molecule has 0 aromatic rings. The highest BCUT2D eigenvalue weighted by molar-refractivity contribution is 6.75. The van der Waals surface area contributed by atoms with E-state index in [0.29, 0.717) is 70.9 Å². The Morgan fingerprint density at radius 2 is 0.934 bits per heavy atom. The van der Waals surface area contributed by atoms with Crippen molar-refractivity contribution >= 4 is 25.0 Å². The summed E-state index contributed by atoms with van der Waals surface area (Å²) in [6.45, 7) is 57.1. The van der Waals surface area contributed by atoms with Gasteiger partial charge in [0, 0.05) is 0 Å². The molecule has 518 valence electrons. The van der Waals surface area contributed by atoms with Crippen molar-refractivity contribution in [3.63, 3.8) is 0 Å². The largest absolute Gasteiger partial charge is 0.413 e. The van der Waals surface area contributed by atoms with Gasteiger partial charge < -0.3 is 33.7 Å². The molecule has 0 bridgehead atoms. The third-order valence-electron chi connectivity index (χ3n) is 25.9. The molecule has 6 aliphatic carbocycles. The predicted octanol–water partition coefficient (Wildman–Crippen LogP) is 21.9. The van der Waals surface area contributed by atoms with Crippen molar-refractivity contribution in [3.05, 3.63) is 119 Å². The van der Waals surface area contributed by atoms with Gasteiger partial charge in [-0.2, -0.15) is 0 Å². The molecule has 6 saturated carbocycles. The van der Waals surface area contributed by atoms with Gasteiger partial charge in [-0.05, 0) is 233 Å². The number of hydrogen-bond acceptors (Lipinski definition) is 7. The third-order valence-corrected chi connectivity index (χ3v) is 39.4. The van der Waals surface area contributed by atoms with Crippen molar-refractivity contribution in [1.82, 2.24) is 0 Å². The van der Waals surface area contributed by atoms with E-state index in [1.165, 1.54) is 93.4 Å². The molecule has 4 N–H and O–H groups in total. The van der Waals surface area contributed by atoms with Gasteiger partial charge in [-0.1, -0.05) is 232 Å². The fraction of sp³-hybridized carbons (Fsp3) is 0.753. The summed E-state index contributed by atoms with van der Waals surface area (Å²) in [6.07, 6.45) is 49.5. The Labute approximate surface area is 563 Å². The van der Waals surface area contributed by atoms with Gasteiger partial charge in [0.15, 0.2) is 25.0 Å². The molecule has 7 nitrogen and oxygen atoms in total. The van der Waals surface area contributed by atoms with Crippen LogP contribution in [-0.4, -0.2) is 88.6 Å². The van der Waals surface area contributed by atoms with Gasteiger partial charge >= 0.3 is 0 Å². The highest BCUT2D eigenvalue weighted by Crippen LogP contribution is 2.61. The summed E-state index contributed by atoms with van der Waals surface area (Å²) < 4.78 is 21.7. The van der Waals surface area contributed by atoms with Crippen molar-refractivity contribution in [2.45, 2.75) is 325 Å². The molecule has 0 aromatic carbocycles. The van der Waals surface area contributed by atoms with Crippen LogP contribution in [0.2, 0.25) is 54.4 Å². The molecule has 6 fully saturated rings. The predicted molar refractivity (Wildman–Crippen MR) is 399 cm³/mol. The van der Waals surface area contributed by atoms with E-state index in [1.807, 2.05) is 26.0 Å². The Kier molecular flexibility index (Phi) is 28.3. The zero-order valence-corrected chi connectivity index (χ0v) is 66.0. The van der Waals surface area contributed by atoms with E-state index in [4.69, 9.17) is 18.4 Å². The number of hydrogen-bond donors (Lipinski definition) is 4. The minimum atomic E-state index is -2.09. The van der Waals surface area contributed by atoms with Gasteiger partial charge in [-0.15, -0.1) is 0 Å². The lowest BCUT2D eigenvalue weighted by Gasteiger charge is -2.46. The highest BCUT2D eigenvalue weighted by Gasteiger charge is 2.52. The number of rotatable bonds is 22. The average molecular weight is 1310 g/mol. The maximum absolute atomic E-state index is 10.5. The van der Waals surface area contributed by atoms with E-state index in [1.54, 1.807) is 5.57 Å². The molecule has 10 heteroatoms. The fourth-order valence-corrected chi connectivity index (χ4v) is 19.3. The van der Waals surface area contributed by atoms with Crippen LogP contribution in [0.4, 0.5) is 0 Å². The van der Waals surface area contributed by atoms with E-state index >= 15 is 0 Å². The number of aliphatic hydroxyl groups is 4. The van der Waals surface area contributed by atoms with Crippen LogP contribution in [0.3, 0.4) is 0 Å². The number of allylic oxidation sites excluding steroid dienone is 13. The van der Waals surface area contributed by atoms with Gasteiger partial charge in [0.25, 0.3) is 0 Å². The van der Waals surface area contributed by atoms with Gasteiger partial charge in [0.2, 0.25) is 0 Å². The molecular formula is C81H140O7Si3. The number of aliphatic hydroxyl groups excluding tert-OH is 3. The molecule has 0 aromatic heterocycles. The van der Waals surface area contributed by atoms with E-state index < -0.39 is 42.8 Å². The molecule has 0 aliphatic heterocycles. The maximum atomic E-state index is 10.5. The first kappa shape index (κ1) is 79.5. The summed E-state index contributed by atoms with van der Waals surface area (Å²) in [5.74, 6) is 3.74. The first-order valence-corrected chi connectivity index (χ1v) is 45.4. The lowest BCUT2D eigenvalue weighted by atomic mass is 9.61. The first-order chi connectivity index (χ1) is 42.1. The summed E-state index contributed by atoms with van der Waals surface area (Å²) in [5.41, 5.74) is 7.94.